The monoisotopic (exact) mass is 908 g/mol. The van der Waals surface area contributed by atoms with E-state index < -0.39 is 13.9 Å². The van der Waals surface area contributed by atoms with Crippen LogP contribution in [0.5, 0.6) is 0 Å². The Bertz CT molecular complexity index is 1110. The molecule has 0 aromatic rings. The number of esters is 1. The molecule has 2 atom stereocenters. The minimum atomic E-state index is -4.29. The summed E-state index contributed by atoms with van der Waals surface area (Å²) < 4.78 is 33.6. The molecule has 0 fully saturated rings. The van der Waals surface area contributed by atoms with Crippen molar-refractivity contribution in [1.29, 1.82) is 0 Å². The first kappa shape index (κ1) is 61.5. The van der Waals surface area contributed by atoms with Gasteiger partial charge in [0.2, 0.25) is 0 Å². The van der Waals surface area contributed by atoms with Gasteiger partial charge in [-0.2, -0.15) is 0 Å². The van der Waals surface area contributed by atoms with Crippen molar-refractivity contribution in [3.8, 4) is 0 Å². The van der Waals surface area contributed by atoms with Crippen LogP contribution in [0.1, 0.15) is 251 Å². The first-order chi connectivity index (χ1) is 30.9. The van der Waals surface area contributed by atoms with Gasteiger partial charge in [0.25, 0.3) is 0 Å². The lowest BCUT2D eigenvalue weighted by molar-refractivity contribution is -0.154. The Balaban J connectivity index is 3.91. The molecule has 0 bridgehead atoms. The van der Waals surface area contributed by atoms with E-state index in [-0.39, 0.29) is 32.3 Å². The molecular weight excluding hydrogens is 806 g/mol. The highest BCUT2D eigenvalue weighted by molar-refractivity contribution is 7.47. The second-order valence-corrected chi connectivity index (χ2v) is 19.2. The van der Waals surface area contributed by atoms with Gasteiger partial charge in [-0.25, -0.2) is 4.57 Å². The molecule has 0 aromatic carbocycles. The lowest BCUT2D eigenvalue weighted by Gasteiger charge is -2.20. The van der Waals surface area contributed by atoms with Gasteiger partial charge >= 0.3 is 13.8 Å². The van der Waals surface area contributed by atoms with Gasteiger partial charge in [0.1, 0.15) is 6.10 Å². The number of unbranched alkanes of at least 4 members (excludes halogenated alkanes) is 30. The molecule has 0 radical (unpaired) electrons. The van der Waals surface area contributed by atoms with E-state index in [2.05, 4.69) is 62.5 Å². The van der Waals surface area contributed by atoms with Crippen molar-refractivity contribution in [2.24, 2.45) is 5.73 Å². The van der Waals surface area contributed by atoms with Gasteiger partial charge in [-0.3, -0.25) is 13.8 Å². The zero-order chi connectivity index (χ0) is 45.8. The number of nitrogens with two attached hydrogens (primary N) is 1. The fourth-order valence-electron chi connectivity index (χ4n) is 7.64. The Labute approximate surface area is 390 Å². The normalized spacial score (nSPS) is 13.7. The van der Waals surface area contributed by atoms with Crippen LogP contribution in [0.25, 0.3) is 0 Å². The first-order valence-corrected chi connectivity index (χ1v) is 28.1. The molecule has 0 aromatic heterocycles. The summed E-state index contributed by atoms with van der Waals surface area (Å²) in [7, 11) is -4.29. The number of ether oxygens (including phenoxy) is 2. The molecule has 8 nitrogen and oxygen atoms in total. The molecule has 9 heteroatoms. The predicted molar refractivity (Wildman–Crippen MR) is 270 cm³/mol. The standard InChI is InChI=1S/C54H102NO7P/c1-3-5-7-9-11-13-15-17-19-21-23-25-26-27-28-29-31-33-35-37-39-41-43-45-47-54(56)62-53(52-61-63(57,58)60-50-48-55)51-59-49-46-44-42-40-38-36-34-32-30-24-22-20-18-16-14-12-10-8-6-4-2/h6,8,12,14,18,20,24,30,53H,3-5,7,9-11,13,15-17,19,21-23,25-29,31-52,55H2,1-2H3,(H,57,58)/b8-6-,14-12-,20-18-,30-24-. The lowest BCUT2D eigenvalue weighted by atomic mass is 10.0. The van der Waals surface area contributed by atoms with E-state index in [9.17, 15) is 14.3 Å². The van der Waals surface area contributed by atoms with Crippen LogP contribution in [0.15, 0.2) is 48.6 Å². The molecule has 0 saturated carbocycles. The predicted octanol–water partition coefficient (Wildman–Crippen LogP) is 16.7. The number of phosphoric acid groups is 1. The van der Waals surface area contributed by atoms with Crippen LogP contribution in [-0.2, 0) is 27.9 Å². The molecular formula is C54H102NO7P. The van der Waals surface area contributed by atoms with E-state index in [0.29, 0.717) is 13.0 Å². The molecule has 3 N–H and O–H groups in total. The van der Waals surface area contributed by atoms with Crippen molar-refractivity contribution in [2.75, 3.05) is 33.0 Å². The smallest absolute Gasteiger partial charge is 0.457 e. The third kappa shape index (κ3) is 51.3. The third-order valence-electron chi connectivity index (χ3n) is 11.5. The maximum atomic E-state index is 12.7. The van der Waals surface area contributed by atoms with Crippen LogP contribution in [0, 0.1) is 0 Å². The molecule has 0 heterocycles. The molecule has 0 amide bonds. The average molecular weight is 908 g/mol. The summed E-state index contributed by atoms with van der Waals surface area (Å²) in [4.78, 5) is 22.6. The molecule has 63 heavy (non-hydrogen) atoms. The van der Waals surface area contributed by atoms with Crippen molar-refractivity contribution in [2.45, 2.75) is 258 Å². The van der Waals surface area contributed by atoms with Gasteiger partial charge in [0, 0.05) is 19.6 Å². The summed E-state index contributed by atoms with van der Waals surface area (Å²) in [5, 5.41) is 0. The number of allylic oxidation sites excluding steroid dienone is 8. The highest BCUT2D eigenvalue weighted by atomic mass is 31.2. The quantitative estimate of drug-likeness (QED) is 0.0268. The molecule has 0 aliphatic heterocycles. The topological polar surface area (TPSA) is 117 Å². The number of phosphoric ester groups is 1. The van der Waals surface area contributed by atoms with Crippen LogP contribution in [-0.4, -0.2) is 49.9 Å². The minimum Gasteiger partial charge on any atom is -0.457 e. The number of rotatable bonds is 51. The Morgan fingerprint density at radius 1 is 0.492 bits per heavy atom. The third-order valence-corrected chi connectivity index (χ3v) is 12.5. The molecule has 0 spiro atoms. The fraction of sp³-hybridized carbons (Fsp3) is 0.833. The SMILES string of the molecule is CC/C=C\C/C=C\C/C=C\C/C=C\CCCCCCCCCOCC(COP(=O)(O)OCCN)OC(=O)CCCCCCCCCCCCCCCCCCCCCCCCCC. The Morgan fingerprint density at radius 3 is 1.33 bits per heavy atom. The summed E-state index contributed by atoms with van der Waals surface area (Å²) in [5.41, 5.74) is 5.39. The van der Waals surface area contributed by atoms with Gasteiger partial charge in [-0.05, 0) is 51.4 Å². The summed E-state index contributed by atoms with van der Waals surface area (Å²) in [6.07, 6.45) is 63.0. The lowest BCUT2D eigenvalue weighted by Crippen LogP contribution is -2.28. The van der Waals surface area contributed by atoms with Gasteiger partial charge in [0.15, 0.2) is 0 Å². The summed E-state index contributed by atoms with van der Waals surface area (Å²) in [6, 6.07) is 0. The maximum Gasteiger partial charge on any atom is 0.472 e. The van der Waals surface area contributed by atoms with Gasteiger partial charge in [0.05, 0.1) is 19.8 Å². The number of hydrogen-bond acceptors (Lipinski definition) is 7. The van der Waals surface area contributed by atoms with E-state index >= 15 is 0 Å². The summed E-state index contributed by atoms with van der Waals surface area (Å²) in [5.74, 6) is -0.330. The largest absolute Gasteiger partial charge is 0.472 e. The Morgan fingerprint density at radius 2 is 0.889 bits per heavy atom. The van der Waals surface area contributed by atoms with Gasteiger partial charge < -0.3 is 20.1 Å². The van der Waals surface area contributed by atoms with Crippen LogP contribution in [0.2, 0.25) is 0 Å². The molecule has 0 aliphatic carbocycles. The van der Waals surface area contributed by atoms with E-state index in [1.807, 2.05) is 0 Å². The van der Waals surface area contributed by atoms with Gasteiger partial charge in [-0.15, -0.1) is 0 Å². The van der Waals surface area contributed by atoms with Crippen molar-refractivity contribution in [1.82, 2.24) is 0 Å². The first-order valence-electron chi connectivity index (χ1n) is 26.6. The van der Waals surface area contributed by atoms with Crippen LogP contribution < -0.4 is 5.73 Å². The summed E-state index contributed by atoms with van der Waals surface area (Å²) >= 11 is 0. The average Bonchev–Trinajstić information content (AvgIpc) is 3.28. The second kappa shape index (κ2) is 51.4. The number of hydrogen-bond donors (Lipinski definition) is 2. The highest BCUT2D eigenvalue weighted by Crippen LogP contribution is 2.43. The molecule has 0 aliphatic rings. The highest BCUT2D eigenvalue weighted by Gasteiger charge is 2.25. The van der Waals surface area contributed by atoms with Gasteiger partial charge in [-0.1, -0.05) is 242 Å². The number of carbonyl (C=O) groups excluding carboxylic acids is 1. The second-order valence-electron chi connectivity index (χ2n) is 17.7. The number of carbonyl (C=O) groups is 1. The zero-order valence-electron chi connectivity index (χ0n) is 41.3. The summed E-state index contributed by atoms with van der Waals surface area (Å²) in [6.45, 7) is 4.83. The maximum absolute atomic E-state index is 12.7. The molecule has 2 unspecified atom stereocenters. The minimum absolute atomic E-state index is 0.0976. The Kier molecular flexibility index (Phi) is 50.2. The Hall–Kier alpha value is -1.54. The molecule has 370 valence electrons. The van der Waals surface area contributed by atoms with Crippen LogP contribution in [0.4, 0.5) is 0 Å². The van der Waals surface area contributed by atoms with Crippen molar-refractivity contribution in [3.63, 3.8) is 0 Å². The van der Waals surface area contributed by atoms with Crippen molar-refractivity contribution in [3.05, 3.63) is 48.6 Å². The van der Waals surface area contributed by atoms with E-state index in [4.69, 9.17) is 24.3 Å². The van der Waals surface area contributed by atoms with E-state index in [1.54, 1.807) is 0 Å². The molecule has 0 saturated heterocycles. The van der Waals surface area contributed by atoms with Crippen LogP contribution in [0.3, 0.4) is 0 Å². The zero-order valence-corrected chi connectivity index (χ0v) is 42.2. The molecule has 0 rings (SSSR count). The fourth-order valence-corrected chi connectivity index (χ4v) is 8.40. The van der Waals surface area contributed by atoms with E-state index in [1.165, 1.54) is 167 Å². The van der Waals surface area contributed by atoms with E-state index in [0.717, 1.165) is 64.2 Å². The van der Waals surface area contributed by atoms with Crippen LogP contribution >= 0.6 is 7.82 Å². The van der Waals surface area contributed by atoms with Crippen molar-refractivity contribution >= 4 is 13.8 Å². The van der Waals surface area contributed by atoms with Crippen molar-refractivity contribution < 1.29 is 32.8 Å².